The molecule has 21 heavy (non-hydrogen) atoms. The van der Waals surface area contributed by atoms with Gasteiger partial charge in [-0.05, 0) is 37.5 Å². The Labute approximate surface area is 125 Å². The summed E-state index contributed by atoms with van der Waals surface area (Å²) in [6.45, 7) is 5.95. The minimum absolute atomic E-state index is 0.160. The van der Waals surface area contributed by atoms with Gasteiger partial charge in [0.25, 0.3) is 0 Å². The quantitative estimate of drug-likeness (QED) is 0.838. The average molecular weight is 293 g/mol. The third-order valence-corrected chi connectivity index (χ3v) is 3.66. The molecule has 5 heteroatoms. The predicted octanol–water partition coefficient (Wildman–Crippen LogP) is 2.39. The molecule has 0 aliphatic carbocycles. The molecule has 0 aliphatic heterocycles. The van der Waals surface area contributed by atoms with Crippen LogP contribution in [-0.2, 0) is 9.59 Å². The number of aliphatic carboxylic acids is 1. The molecular formula is C16H23NO4. The second-order valence-electron chi connectivity index (χ2n) is 5.06. The van der Waals surface area contributed by atoms with Crippen LogP contribution in [0.1, 0.15) is 30.9 Å². The Morgan fingerprint density at radius 2 is 2.00 bits per heavy atom. The normalized spacial score (nSPS) is 11.8. The van der Waals surface area contributed by atoms with Crippen LogP contribution in [0.25, 0.3) is 0 Å². The van der Waals surface area contributed by atoms with Crippen LogP contribution >= 0.6 is 0 Å². The van der Waals surface area contributed by atoms with E-state index < -0.39 is 12.0 Å². The van der Waals surface area contributed by atoms with Gasteiger partial charge in [-0.3, -0.25) is 4.79 Å². The Morgan fingerprint density at radius 3 is 2.57 bits per heavy atom. The monoisotopic (exact) mass is 293 g/mol. The van der Waals surface area contributed by atoms with E-state index in [1.807, 2.05) is 32.0 Å². The fourth-order valence-electron chi connectivity index (χ4n) is 2.09. The number of amides is 1. The van der Waals surface area contributed by atoms with Crippen molar-refractivity contribution in [3.63, 3.8) is 0 Å². The summed E-state index contributed by atoms with van der Waals surface area (Å²) in [6.07, 6.45) is 0.545. The Kier molecular flexibility index (Phi) is 6.21. The van der Waals surface area contributed by atoms with Crippen molar-refractivity contribution < 1.29 is 19.4 Å². The number of benzene rings is 1. The molecule has 0 fully saturated rings. The van der Waals surface area contributed by atoms with Crippen molar-refractivity contribution in [1.82, 2.24) is 4.90 Å². The van der Waals surface area contributed by atoms with Crippen LogP contribution in [0.3, 0.4) is 0 Å². The number of ether oxygens (including phenoxy) is 1. The highest BCUT2D eigenvalue weighted by Gasteiger charge is 2.24. The zero-order valence-corrected chi connectivity index (χ0v) is 13.0. The maximum absolute atomic E-state index is 12.0. The Morgan fingerprint density at radius 1 is 1.33 bits per heavy atom. The lowest BCUT2D eigenvalue weighted by Gasteiger charge is -2.23. The molecule has 1 unspecified atom stereocenters. The SMILES string of the molecule is CCC(C(=O)O)N(C)C(=O)CCOc1cccc(C)c1C. The van der Waals surface area contributed by atoms with Crippen LogP contribution in [0.15, 0.2) is 18.2 Å². The highest BCUT2D eigenvalue weighted by molar-refractivity contribution is 5.83. The summed E-state index contributed by atoms with van der Waals surface area (Å²) in [6, 6.07) is 4.99. The molecule has 1 atom stereocenters. The molecule has 0 heterocycles. The third kappa shape index (κ3) is 4.48. The van der Waals surface area contributed by atoms with E-state index in [0.717, 1.165) is 16.9 Å². The maximum Gasteiger partial charge on any atom is 0.326 e. The number of hydrogen-bond acceptors (Lipinski definition) is 3. The van der Waals surface area contributed by atoms with E-state index in [0.29, 0.717) is 6.42 Å². The minimum Gasteiger partial charge on any atom is -0.493 e. The molecular weight excluding hydrogens is 270 g/mol. The number of carboxylic acids is 1. The molecule has 1 aromatic carbocycles. The van der Waals surface area contributed by atoms with Crippen LogP contribution in [0, 0.1) is 13.8 Å². The number of aryl methyl sites for hydroxylation is 1. The van der Waals surface area contributed by atoms with E-state index in [-0.39, 0.29) is 18.9 Å². The van der Waals surface area contributed by atoms with Gasteiger partial charge in [-0.25, -0.2) is 4.79 Å². The van der Waals surface area contributed by atoms with Crippen LogP contribution < -0.4 is 4.74 Å². The lowest BCUT2D eigenvalue weighted by Crippen LogP contribution is -2.42. The highest BCUT2D eigenvalue weighted by Crippen LogP contribution is 2.20. The number of rotatable bonds is 7. The van der Waals surface area contributed by atoms with Gasteiger partial charge in [0, 0.05) is 7.05 Å². The van der Waals surface area contributed by atoms with E-state index in [2.05, 4.69) is 0 Å². The van der Waals surface area contributed by atoms with Gasteiger partial charge < -0.3 is 14.7 Å². The summed E-state index contributed by atoms with van der Waals surface area (Å²) in [5.74, 6) is -0.450. The van der Waals surface area contributed by atoms with Gasteiger partial charge in [0.15, 0.2) is 0 Å². The molecule has 0 aliphatic rings. The molecule has 1 amide bonds. The van der Waals surface area contributed by atoms with E-state index in [4.69, 9.17) is 9.84 Å². The van der Waals surface area contributed by atoms with Crippen molar-refractivity contribution in [3.8, 4) is 5.75 Å². The topological polar surface area (TPSA) is 66.8 Å². The van der Waals surface area contributed by atoms with Gasteiger partial charge in [-0.1, -0.05) is 19.1 Å². The van der Waals surface area contributed by atoms with Crippen molar-refractivity contribution in [3.05, 3.63) is 29.3 Å². The number of carbonyl (C=O) groups excluding carboxylic acids is 1. The fourth-order valence-corrected chi connectivity index (χ4v) is 2.09. The molecule has 0 aromatic heterocycles. The molecule has 0 radical (unpaired) electrons. The zero-order chi connectivity index (χ0) is 16.0. The van der Waals surface area contributed by atoms with Gasteiger partial charge in [-0.2, -0.15) is 0 Å². The summed E-state index contributed by atoms with van der Waals surface area (Å²) in [4.78, 5) is 24.3. The van der Waals surface area contributed by atoms with Crippen molar-refractivity contribution in [2.45, 2.75) is 39.7 Å². The summed E-state index contributed by atoms with van der Waals surface area (Å²) >= 11 is 0. The number of nitrogens with zero attached hydrogens (tertiary/aromatic N) is 1. The largest absolute Gasteiger partial charge is 0.493 e. The number of hydrogen-bond donors (Lipinski definition) is 1. The Balaban J connectivity index is 2.53. The second-order valence-corrected chi connectivity index (χ2v) is 5.06. The van der Waals surface area contributed by atoms with Crippen molar-refractivity contribution in [2.75, 3.05) is 13.7 Å². The van der Waals surface area contributed by atoms with E-state index >= 15 is 0 Å². The molecule has 0 saturated carbocycles. The Hall–Kier alpha value is -2.04. The molecule has 0 bridgehead atoms. The van der Waals surface area contributed by atoms with Gasteiger partial charge in [0.2, 0.25) is 5.91 Å². The van der Waals surface area contributed by atoms with E-state index in [1.165, 1.54) is 11.9 Å². The van der Waals surface area contributed by atoms with Crippen molar-refractivity contribution in [2.24, 2.45) is 0 Å². The molecule has 0 saturated heterocycles. The van der Waals surface area contributed by atoms with Crippen molar-refractivity contribution >= 4 is 11.9 Å². The first-order valence-corrected chi connectivity index (χ1v) is 7.06. The van der Waals surface area contributed by atoms with Gasteiger partial charge in [0.05, 0.1) is 13.0 Å². The number of carboxylic acid groups (broad SMARTS) is 1. The lowest BCUT2D eigenvalue weighted by molar-refractivity contribution is -0.149. The van der Waals surface area contributed by atoms with Gasteiger partial charge in [-0.15, -0.1) is 0 Å². The predicted molar refractivity (Wildman–Crippen MR) is 80.5 cm³/mol. The highest BCUT2D eigenvalue weighted by atomic mass is 16.5. The van der Waals surface area contributed by atoms with Crippen LogP contribution in [0.5, 0.6) is 5.75 Å². The van der Waals surface area contributed by atoms with Gasteiger partial charge >= 0.3 is 5.97 Å². The first-order chi connectivity index (χ1) is 9.88. The van der Waals surface area contributed by atoms with Crippen LogP contribution in [-0.4, -0.2) is 41.6 Å². The standard InChI is InChI=1S/C16H23NO4/c1-5-13(16(19)20)17(4)15(18)9-10-21-14-8-6-7-11(2)12(14)3/h6-8,13H,5,9-10H2,1-4H3,(H,19,20). The third-order valence-electron chi connectivity index (χ3n) is 3.66. The first-order valence-electron chi connectivity index (χ1n) is 7.06. The van der Waals surface area contributed by atoms with Crippen LogP contribution in [0.4, 0.5) is 0 Å². The molecule has 1 rings (SSSR count). The first kappa shape index (κ1) is 17.0. The summed E-state index contributed by atoms with van der Waals surface area (Å²) in [5, 5.41) is 9.04. The number of likely N-dealkylation sites (N-methyl/N-ethyl adjacent to an activating group) is 1. The summed E-state index contributed by atoms with van der Waals surface area (Å²) in [7, 11) is 1.52. The van der Waals surface area contributed by atoms with Crippen molar-refractivity contribution in [1.29, 1.82) is 0 Å². The Bertz CT molecular complexity index is 513. The molecule has 1 N–H and O–H groups in total. The second kappa shape index (κ2) is 7.67. The van der Waals surface area contributed by atoms with E-state index in [9.17, 15) is 9.59 Å². The smallest absolute Gasteiger partial charge is 0.326 e. The average Bonchev–Trinajstić information content (AvgIpc) is 2.43. The molecule has 5 nitrogen and oxygen atoms in total. The fraction of sp³-hybridized carbons (Fsp3) is 0.500. The molecule has 1 aromatic rings. The minimum atomic E-state index is -0.983. The molecule has 116 valence electrons. The maximum atomic E-state index is 12.0. The summed E-state index contributed by atoms with van der Waals surface area (Å²) in [5.41, 5.74) is 2.18. The molecule has 0 spiro atoms. The lowest BCUT2D eigenvalue weighted by atomic mass is 10.1. The van der Waals surface area contributed by atoms with E-state index in [1.54, 1.807) is 6.92 Å². The van der Waals surface area contributed by atoms with Gasteiger partial charge in [0.1, 0.15) is 11.8 Å². The van der Waals surface area contributed by atoms with Crippen LogP contribution in [0.2, 0.25) is 0 Å². The summed E-state index contributed by atoms with van der Waals surface area (Å²) < 4.78 is 5.62. The zero-order valence-electron chi connectivity index (χ0n) is 13.0. The number of carbonyl (C=O) groups is 2.